The normalized spacial score (nSPS) is 15.1. The Labute approximate surface area is 131 Å². The fraction of sp³-hybridized carbons (Fsp3) is 0.250. The van der Waals surface area contributed by atoms with E-state index in [9.17, 15) is 0 Å². The van der Waals surface area contributed by atoms with Crippen molar-refractivity contribution >= 4 is 28.3 Å². The summed E-state index contributed by atoms with van der Waals surface area (Å²) >= 11 is 0. The molecule has 0 amide bonds. The number of H-pyrrole nitrogens is 1. The second kappa shape index (κ2) is 4.77. The number of anilines is 2. The van der Waals surface area contributed by atoms with Crippen molar-refractivity contribution in [2.24, 2.45) is 0 Å². The van der Waals surface area contributed by atoms with Crippen LogP contribution in [0.5, 0.6) is 0 Å². The molecule has 4 aromatic rings. The van der Waals surface area contributed by atoms with Gasteiger partial charge in [-0.1, -0.05) is 12.5 Å². The van der Waals surface area contributed by atoms with Crippen molar-refractivity contribution in [2.45, 2.75) is 25.2 Å². The number of aromatic nitrogens is 6. The Hall–Kier alpha value is -2.96. The number of aromatic amines is 1. The van der Waals surface area contributed by atoms with Crippen LogP contribution in [0.4, 0.5) is 11.6 Å². The zero-order valence-corrected chi connectivity index (χ0v) is 12.4. The predicted molar refractivity (Wildman–Crippen MR) is 86.8 cm³/mol. The van der Waals surface area contributed by atoms with Gasteiger partial charge in [0.1, 0.15) is 28.3 Å². The zero-order valence-electron chi connectivity index (χ0n) is 12.4. The quantitative estimate of drug-likeness (QED) is 0.608. The van der Waals surface area contributed by atoms with Crippen molar-refractivity contribution in [1.82, 2.24) is 29.5 Å². The summed E-state index contributed by atoms with van der Waals surface area (Å²) in [5, 5.41) is 10.5. The molecule has 1 fully saturated rings. The highest BCUT2D eigenvalue weighted by molar-refractivity contribution is 5.86. The summed E-state index contributed by atoms with van der Waals surface area (Å²) in [6.07, 6.45) is 9.12. The van der Waals surface area contributed by atoms with Crippen molar-refractivity contribution < 1.29 is 0 Å². The summed E-state index contributed by atoms with van der Waals surface area (Å²) in [5.41, 5.74) is 2.56. The van der Waals surface area contributed by atoms with E-state index in [1.165, 1.54) is 19.3 Å². The van der Waals surface area contributed by atoms with E-state index in [0.29, 0.717) is 5.92 Å². The van der Waals surface area contributed by atoms with Gasteiger partial charge in [0.25, 0.3) is 0 Å². The molecule has 0 bridgehead atoms. The van der Waals surface area contributed by atoms with Crippen LogP contribution in [0.1, 0.15) is 31.0 Å². The van der Waals surface area contributed by atoms with Crippen LogP contribution in [0.25, 0.3) is 16.7 Å². The second-order valence-corrected chi connectivity index (χ2v) is 5.89. The fourth-order valence-electron chi connectivity index (χ4n) is 2.94. The molecule has 1 aliphatic rings. The van der Waals surface area contributed by atoms with Gasteiger partial charge in [-0.05, 0) is 25.0 Å². The molecule has 0 aliphatic heterocycles. The summed E-state index contributed by atoms with van der Waals surface area (Å²) in [6.45, 7) is 0. The van der Waals surface area contributed by atoms with Gasteiger partial charge in [-0.25, -0.2) is 15.0 Å². The summed E-state index contributed by atoms with van der Waals surface area (Å²) in [6, 6.07) is 5.92. The van der Waals surface area contributed by atoms with E-state index < -0.39 is 0 Å². The van der Waals surface area contributed by atoms with E-state index in [2.05, 4.69) is 25.5 Å². The molecule has 0 aromatic carbocycles. The average Bonchev–Trinajstić information content (AvgIpc) is 3.13. The number of hydrogen-bond donors (Lipinski definition) is 2. The molecule has 0 spiro atoms. The van der Waals surface area contributed by atoms with Crippen LogP contribution in [0, 0.1) is 0 Å². The number of rotatable bonds is 3. The first-order valence-corrected chi connectivity index (χ1v) is 7.78. The topological polar surface area (TPSA) is 83.8 Å². The molecular weight excluding hydrogens is 290 g/mol. The molecule has 4 heterocycles. The van der Waals surface area contributed by atoms with Crippen LogP contribution in [-0.2, 0) is 0 Å². The van der Waals surface area contributed by atoms with Crippen molar-refractivity contribution in [3.63, 3.8) is 0 Å². The van der Waals surface area contributed by atoms with Crippen LogP contribution < -0.4 is 5.32 Å². The molecule has 7 heteroatoms. The maximum atomic E-state index is 4.74. The summed E-state index contributed by atoms with van der Waals surface area (Å²) in [7, 11) is 0. The number of hydrogen-bond acceptors (Lipinski definition) is 5. The average molecular weight is 305 g/mol. The molecule has 7 nitrogen and oxygen atoms in total. The van der Waals surface area contributed by atoms with Crippen molar-refractivity contribution in [3.8, 4) is 0 Å². The Kier molecular flexibility index (Phi) is 2.61. The van der Waals surface area contributed by atoms with Crippen LogP contribution in [0.3, 0.4) is 0 Å². The molecule has 1 aliphatic carbocycles. The number of fused-ring (bicyclic) bond motifs is 2. The molecule has 114 valence electrons. The summed E-state index contributed by atoms with van der Waals surface area (Å²) < 4.78 is 1.99. The molecule has 0 unspecified atom stereocenters. The molecule has 5 rings (SSSR count). The van der Waals surface area contributed by atoms with E-state index in [-0.39, 0.29) is 0 Å². The molecule has 4 aromatic heterocycles. The molecule has 0 saturated heterocycles. The summed E-state index contributed by atoms with van der Waals surface area (Å²) in [5.74, 6) is 2.99. The van der Waals surface area contributed by atoms with E-state index in [0.717, 1.165) is 34.1 Å². The van der Waals surface area contributed by atoms with Crippen LogP contribution in [-0.4, -0.2) is 29.5 Å². The van der Waals surface area contributed by atoms with Gasteiger partial charge in [-0.3, -0.25) is 9.50 Å². The molecule has 0 radical (unpaired) electrons. The van der Waals surface area contributed by atoms with Gasteiger partial charge in [-0.2, -0.15) is 5.10 Å². The molecule has 23 heavy (non-hydrogen) atoms. The third kappa shape index (κ3) is 1.97. The highest BCUT2D eigenvalue weighted by Crippen LogP contribution is 2.36. The Balaban J connectivity index is 1.62. The van der Waals surface area contributed by atoms with Gasteiger partial charge in [-0.15, -0.1) is 0 Å². The lowest BCUT2D eigenvalue weighted by molar-refractivity contribution is 0.403. The van der Waals surface area contributed by atoms with Gasteiger partial charge in [0, 0.05) is 12.1 Å². The highest BCUT2D eigenvalue weighted by Gasteiger charge is 2.24. The predicted octanol–water partition coefficient (Wildman–Crippen LogP) is 3.01. The fourth-order valence-corrected chi connectivity index (χ4v) is 2.94. The molecule has 2 N–H and O–H groups in total. The lowest BCUT2D eigenvalue weighted by Gasteiger charge is -2.24. The number of imidazole rings is 1. The van der Waals surface area contributed by atoms with Crippen molar-refractivity contribution in [2.75, 3.05) is 5.32 Å². The smallest absolute Gasteiger partial charge is 0.161 e. The van der Waals surface area contributed by atoms with Gasteiger partial charge < -0.3 is 5.32 Å². The minimum Gasteiger partial charge on any atom is -0.323 e. The zero-order chi connectivity index (χ0) is 15.2. The van der Waals surface area contributed by atoms with Crippen molar-refractivity contribution in [1.29, 1.82) is 0 Å². The third-order valence-corrected chi connectivity index (χ3v) is 4.45. The minimum absolute atomic E-state index is 0.469. The third-order valence-electron chi connectivity index (χ3n) is 4.45. The second-order valence-electron chi connectivity index (χ2n) is 5.89. The maximum absolute atomic E-state index is 4.74. The van der Waals surface area contributed by atoms with Crippen LogP contribution in [0.15, 0.2) is 36.8 Å². The van der Waals surface area contributed by atoms with Crippen LogP contribution in [0.2, 0.25) is 0 Å². The largest absolute Gasteiger partial charge is 0.323 e. The van der Waals surface area contributed by atoms with E-state index in [4.69, 9.17) is 4.98 Å². The SMILES string of the molecule is c1ccn2c(Nc3nc(C4CCC4)nc4cn[nH]c34)cnc2c1. The van der Waals surface area contributed by atoms with Gasteiger partial charge in [0.05, 0.1) is 12.4 Å². The standard InChI is InChI=1S/C16H15N7/c1-2-7-23-12(6-1)17-9-13(23)20-16-14-11(8-18-22-14)19-15(21-16)10-4-3-5-10/h1-2,6-10H,3-5H2,(H,18,22)(H,19,20,21). The Morgan fingerprint density at radius 1 is 1.17 bits per heavy atom. The van der Waals surface area contributed by atoms with Gasteiger partial charge >= 0.3 is 0 Å². The number of nitrogens with one attached hydrogen (secondary N) is 2. The first-order chi connectivity index (χ1) is 11.4. The van der Waals surface area contributed by atoms with Crippen molar-refractivity contribution in [3.05, 3.63) is 42.6 Å². The Bertz CT molecular complexity index is 996. The lowest BCUT2D eigenvalue weighted by Crippen LogP contribution is -2.13. The van der Waals surface area contributed by atoms with Crippen LogP contribution >= 0.6 is 0 Å². The van der Waals surface area contributed by atoms with Gasteiger partial charge in [0.15, 0.2) is 5.82 Å². The Morgan fingerprint density at radius 3 is 3.00 bits per heavy atom. The van der Waals surface area contributed by atoms with Gasteiger partial charge in [0.2, 0.25) is 0 Å². The first kappa shape index (κ1) is 12.6. The molecular formula is C16H15N7. The molecule has 1 saturated carbocycles. The Morgan fingerprint density at radius 2 is 2.13 bits per heavy atom. The van der Waals surface area contributed by atoms with E-state index in [1.807, 2.05) is 35.0 Å². The molecule has 0 atom stereocenters. The number of pyridine rings is 1. The van der Waals surface area contributed by atoms with E-state index in [1.54, 1.807) is 6.20 Å². The lowest BCUT2D eigenvalue weighted by atomic mass is 9.85. The highest BCUT2D eigenvalue weighted by atomic mass is 15.2. The minimum atomic E-state index is 0.469. The van der Waals surface area contributed by atoms with E-state index >= 15 is 0 Å². The monoisotopic (exact) mass is 305 g/mol. The summed E-state index contributed by atoms with van der Waals surface area (Å²) in [4.78, 5) is 13.8. The first-order valence-electron chi connectivity index (χ1n) is 7.78. The number of nitrogens with zero attached hydrogens (tertiary/aromatic N) is 5. The maximum Gasteiger partial charge on any atom is 0.161 e.